The van der Waals surface area contributed by atoms with Gasteiger partial charge in [-0.3, -0.25) is 9.69 Å². The maximum absolute atomic E-state index is 12.6. The largest absolute Gasteiger partial charge is 0.496 e. The van der Waals surface area contributed by atoms with E-state index in [1.165, 1.54) is 0 Å². The summed E-state index contributed by atoms with van der Waals surface area (Å²) < 4.78 is 17.5. The van der Waals surface area contributed by atoms with Crippen LogP contribution in [0.25, 0.3) is 0 Å². The van der Waals surface area contributed by atoms with Gasteiger partial charge in [0.25, 0.3) is 5.91 Å². The van der Waals surface area contributed by atoms with Gasteiger partial charge in [0.2, 0.25) is 0 Å². The Bertz CT molecular complexity index is 857. The molecule has 2 atom stereocenters. The number of nitrogens with one attached hydrogen (secondary N) is 1. The van der Waals surface area contributed by atoms with E-state index in [0.29, 0.717) is 6.61 Å². The number of aryl methyl sites for hydroxylation is 1. The van der Waals surface area contributed by atoms with E-state index in [0.717, 1.165) is 61.5 Å². The number of ether oxygens (including phenoxy) is 3. The summed E-state index contributed by atoms with van der Waals surface area (Å²) in [4.78, 5) is 14.9. The molecule has 2 heterocycles. The quantitative estimate of drug-likeness (QED) is 0.843. The smallest absolute Gasteiger partial charge is 0.258 e. The van der Waals surface area contributed by atoms with Crippen LogP contribution in [-0.4, -0.2) is 56.4 Å². The van der Waals surface area contributed by atoms with E-state index in [4.69, 9.17) is 14.2 Å². The van der Waals surface area contributed by atoms with Gasteiger partial charge in [0.15, 0.2) is 6.61 Å². The Kier molecular flexibility index (Phi) is 6.87. The second-order valence-electron chi connectivity index (χ2n) is 7.94. The van der Waals surface area contributed by atoms with Crippen LogP contribution in [0.4, 0.5) is 0 Å². The van der Waals surface area contributed by atoms with E-state index in [2.05, 4.69) is 22.3 Å². The lowest BCUT2D eigenvalue weighted by molar-refractivity contribution is -0.124. The summed E-state index contributed by atoms with van der Waals surface area (Å²) in [6.07, 6.45) is 2.92. The van der Waals surface area contributed by atoms with Crippen molar-refractivity contribution in [1.29, 1.82) is 0 Å². The number of carbonyl (C=O) groups excluding carboxylic acids is 1. The number of carbonyl (C=O) groups is 1. The lowest BCUT2D eigenvalue weighted by Gasteiger charge is -2.20. The van der Waals surface area contributed by atoms with Gasteiger partial charge in [0.05, 0.1) is 19.3 Å². The van der Waals surface area contributed by atoms with Gasteiger partial charge < -0.3 is 19.5 Å². The molecule has 0 aromatic heterocycles. The van der Waals surface area contributed by atoms with Gasteiger partial charge >= 0.3 is 0 Å². The van der Waals surface area contributed by atoms with Gasteiger partial charge in [-0.05, 0) is 37.0 Å². The standard InChI is InChI=1S/C24H30N2O4/c1-28-21-11-4-3-10-19(21)14-26-15-20-23(16-26)29-13-7-6-9-18-8-2-5-12-22(18)30-17-24(27)25-20/h2-5,8,10-12,20,23H,6-7,9,13-17H2,1H3,(H,25,27)/t20-,23+/m0/s1. The molecule has 160 valence electrons. The van der Waals surface area contributed by atoms with E-state index >= 15 is 0 Å². The molecule has 1 fully saturated rings. The molecule has 30 heavy (non-hydrogen) atoms. The first-order valence-electron chi connectivity index (χ1n) is 10.7. The molecule has 2 aliphatic heterocycles. The number of likely N-dealkylation sites (tertiary alicyclic amines) is 1. The third-order valence-electron chi connectivity index (χ3n) is 5.78. The van der Waals surface area contributed by atoms with Crippen LogP contribution >= 0.6 is 0 Å². The van der Waals surface area contributed by atoms with Crippen LogP contribution < -0.4 is 14.8 Å². The highest BCUT2D eigenvalue weighted by Gasteiger charge is 2.35. The Labute approximate surface area is 178 Å². The van der Waals surface area contributed by atoms with Crippen LogP contribution in [-0.2, 0) is 22.5 Å². The molecule has 2 aromatic carbocycles. The number of fused-ring (bicyclic) bond motifs is 2. The average Bonchev–Trinajstić information content (AvgIpc) is 3.13. The molecule has 0 spiro atoms. The molecule has 1 N–H and O–H groups in total. The fourth-order valence-corrected chi connectivity index (χ4v) is 4.26. The molecule has 1 saturated heterocycles. The number of methoxy groups -OCH3 is 1. The van der Waals surface area contributed by atoms with E-state index in [1.807, 2.05) is 36.4 Å². The van der Waals surface area contributed by atoms with Gasteiger partial charge in [-0.2, -0.15) is 0 Å². The number of para-hydroxylation sites is 2. The van der Waals surface area contributed by atoms with Crippen molar-refractivity contribution in [1.82, 2.24) is 10.2 Å². The predicted molar refractivity (Wildman–Crippen MR) is 115 cm³/mol. The van der Waals surface area contributed by atoms with Crippen LogP contribution in [0.1, 0.15) is 24.0 Å². The van der Waals surface area contributed by atoms with Gasteiger partial charge in [-0.15, -0.1) is 0 Å². The normalized spacial score (nSPS) is 23.0. The minimum Gasteiger partial charge on any atom is -0.496 e. The first-order chi connectivity index (χ1) is 14.7. The van der Waals surface area contributed by atoms with Crippen molar-refractivity contribution in [2.45, 2.75) is 38.0 Å². The third-order valence-corrected chi connectivity index (χ3v) is 5.78. The molecule has 0 bridgehead atoms. The van der Waals surface area contributed by atoms with Crippen LogP contribution in [0, 0.1) is 0 Å². The van der Waals surface area contributed by atoms with Crippen molar-refractivity contribution < 1.29 is 19.0 Å². The van der Waals surface area contributed by atoms with Crippen molar-refractivity contribution in [2.24, 2.45) is 0 Å². The summed E-state index contributed by atoms with van der Waals surface area (Å²) in [5.74, 6) is 1.58. The monoisotopic (exact) mass is 410 g/mol. The summed E-state index contributed by atoms with van der Waals surface area (Å²) in [5, 5.41) is 3.13. The van der Waals surface area contributed by atoms with E-state index in [1.54, 1.807) is 7.11 Å². The van der Waals surface area contributed by atoms with Gasteiger partial charge in [-0.25, -0.2) is 0 Å². The second kappa shape index (κ2) is 9.96. The lowest BCUT2D eigenvalue weighted by Crippen LogP contribution is -2.45. The van der Waals surface area contributed by atoms with Crippen molar-refractivity contribution in [3.63, 3.8) is 0 Å². The van der Waals surface area contributed by atoms with Crippen LogP contribution in [0.2, 0.25) is 0 Å². The lowest BCUT2D eigenvalue weighted by atomic mass is 10.1. The van der Waals surface area contributed by atoms with Gasteiger partial charge in [0.1, 0.15) is 11.5 Å². The topological polar surface area (TPSA) is 60.0 Å². The zero-order chi connectivity index (χ0) is 20.8. The Morgan fingerprint density at radius 3 is 2.83 bits per heavy atom. The maximum Gasteiger partial charge on any atom is 0.258 e. The Balaban J connectivity index is 1.43. The molecule has 0 radical (unpaired) electrons. The Morgan fingerprint density at radius 2 is 1.93 bits per heavy atom. The fraction of sp³-hybridized carbons (Fsp3) is 0.458. The molecule has 2 aromatic rings. The van der Waals surface area contributed by atoms with E-state index in [9.17, 15) is 4.79 Å². The molecule has 6 nitrogen and oxygen atoms in total. The molecule has 0 unspecified atom stereocenters. The third kappa shape index (κ3) is 5.12. The zero-order valence-corrected chi connectivity index (χ0v) is 17.5. The number of nitrogens with zero attached hydrogens (tertiary/aromatic N) is 1. The highest BCUT2D eigenvalue weighted by Crippen LogP contribution is 2.24. The first kappa shape index (κ1) is 20.7. The second-order valence-corrected chi connectivity index (χ2v) is 7.94. The molecule has 4 rings (SSSR count). The Morgan fingerprint density at radius 1 is 1.10 bits per heavy atom. The molecule has 1 amide bonds. The van der Waals surface area contributed by atoms with Crippen LogP contribution in [0.5, 0.6) is 11.5 Å². The molecular weight excluding hydrogens is 380 g/mol. The summed E-state index contributed by atoms with van der Waals surface area (Å²) >= 11 is 0. The summed E-state index contributed by atoms with van der Waals surface area (Å²) in [6.45, 7) is 3.00. The predicted octanol–water partition coefficient (Wildman–Crippen LogP) is 2.80. The molecule has 0 aliphatic carbocycles. The number of benzene rings is 2. The van der Waals surface area contributed by atoms with E-state index in [-0.39, 0.29) is 24.7 Å². The minimum atomic E-state index is -0.109. The van der Waals surface area contributed by atoms with Gasteiger partial charge in [0, 0.05) is 31.8 Å². The summed E-state index contributed by atoms with van der Waals surface area (Å²) in [7, 11) is 1.69. The maximum atomic E-state index is 12.6. The van der Waals surface area contributed by atoms with Crippen molar-refractivity contribution >= 4 is 5.91 Å². The number of hydrogen-bond acceptors (Lipinski definition) is 5. The highest BCUT2D eigenvalue weighted by atomic mass is 16.5. The molecule has 2 aliphatic rings. The van der Waals surface area contributed by atoms with Gasteiger partial charge in [-0.1, -0.05) is 36.4 Å². The number of hydrogen-bond donors (Lipinski definition) is 1. The number of rotatable bonds is 3. The van der Waals surface area contributed by atoms with Crippen molar-refractivity contribution in [3.8, 4) is 11.5 Å². The van der Waals surface area contributed by atoms with E-state index < -0.39 is 0 Å². The Hall–Kier alpha value is -2.57. The van der Waals surface area contributed by atoms with Crippen molar-refractivity contribution in [3.05, 3.63) is 59.7 Å². The summed E-state index contributed by atoms with van der Waals surface area (Å²) in [5.41, 5.74) is 2.28. The van der Waals surface area contributed by atoms with Crippen molar-refractivity contribution in [2.75, 3.05) is 33.4 Å². The first-order valence-corrected chi connectivity index (χ1v) is 10.7. The average molecular weight is 411 g/mol. The molecular formula is C24H30N2O4. The fourth-order valence-electron chi connectivity index (χ4n) is 4.26. The SMILES string of the molecule is COc1ccccc1CN1C[C@@H]2NC(=O)COc3ccccc3CCCCO[C@@H]2C1. The number of amides is 1. The van der Waals surface area contributed by atoms with Crippen LogP contribution in [0.3, 0.4) is 0 Å². The summed E-state index contributed by atoms with van der Waals surface area (Å²) in [6, 6.07) is 16.0. The molecule has 0 saturated carbocycles. The zero-order valence-electron chi connectivity index (χ0n) is 17.5. The molecule has 6 heteroatoms. The highest BCUT2D eigenvalue weighted by molar-refractivity contribution is 5.78. The minimum absolute atomic E-state index is 0.0206. The van der Waals surface area contributed by atoms with Crippen LogP contribution in [0.15, 0.2) is 48.5 Å².